The molecule has 0 spiro atoms. The van der Waals surface area contributed by atoms with E-state index in [1.165, 1.54) is 11.8 Å². The van der Waals surface area contributed by atoms with Gasteiger partial charge in [-0.1, -0.05) is 36.4 Å². The molecule has 2 unspecified atom stereocenters. The molecule has 3 rings (SSSR count). The zero-order chi connectivity index (χ0) is 15.5. The average Bonchev–Trinajstić information content (AvgIpc) is 2.99. The minimum Gasteiger partial charge on any atom is -0.350 e. The molecule has 0 radical (unpaired) electrons. The summed E-state index contributed by atoms with van der Waals surface area (Å²) >= 11 is 1.36. The topological polar surface area (TPSA) is 78.5 Å². The third kappa shape index (κ3) is 2.99. The van der Waals surface area contributed by atoms with Crippen molar-refractivity contribution < 1.29 is 14.4 Å². The van der Waals surface area contributed by atoms with Gasteiger partial charge in [-0.05, 0) is 11.0 Å². The first-order valence-corrected chi connectivity index (χ1v) is 7.84. The van der Waals surface area contributed by atoms with Gasteiger partial charge >= 0.3 is 6.03 Å². The minimum atomic E-state index is -0.520. The number of nitrogens with one attached hydrogen (secondary N) is 2. The van der Waals surface area contributed by atoms with Crippen molar-refractivity contribution in [2.75, 3.05) is 6.54 Å². The largest absolute Gasteiger partial charge is 0.350 e. The molecule has 2 aliphatic rings. The van der Waals surface area contributed by atoms with Gasteiger partial charge in [0, 0.05) is 6.54 Å². The number of urea groups is 1. The van der Waals surface area contributed by atoms with E-state index < -0.39 is 6.03 Å². The van der Waals surface area contributed by atoms with Crippen LogP contribution in [-0.4, -0.2) is 40.6 Å². The Balaban J connectivity index is 1.56. The molecule has 114 valence electrons. The van der Waals surface area contributed by atoms with Gasteiger partial charge in [-0.2, -0.15) is 0 Å². The molecule has 0 saturated carbocycles. The number of thioether (sulfide) groups is 1. The Labute approximate surface area is 131 Å². The number of nitrogens with zero attached hydrogens (tertiary/aromatic N) is 1. The molecular weight excluding hydrogens is 302 g/mol. The van der Waals surface area contributed by atoms with Crippen molar-refractivity contribution in [3.05, 3.63) is 47.4 Å². The minimum absolute atomic E-state index is 0.263. The van der Waals surface area contributed by atoms with Gasteiger partial charge in [-0.3, -0.25) is 14.5 Å². The Morgan fingerprint density at radius 2 is 2.05 bits per heavy atom. The number of carbonyl (C=O) groups is 3. The van der Waals surface area contributed by atoms with Gasteiger partial charge in [0.1, 0.15) is 11.8 Å². The van der Waals surface area contributed by atoms with Crippen LogP contribution in [0.5, 0.6) is 0 Å². The van der Waals surface area contributed by atoms with Crippen LogP contribution in [0.1, 0.15) is 5.56 Å². The van der Waals surface area contributed by atoms with Gasteiger partial charge in [0.05, 0.1) is 6.04 Å². The van der Waals surface area contributed by atoms with E-state index in [9.17, 15) is 14.4 Å². The Morgan fingerprint density at radius 1 is 1.27 bits per heavy atom. The molecule has 4 amide bonds. The zero-order valence-corrected chi connectivity index (χ0v) is 12.5. The third-order valence-corrected chi connectivity index (χ3v) is 4.62. The lowest BCUT2D eigenvalue weighted by atomic mass is 10.1. The fraction of sp³-hybridized carbons (Fsp3) is 0.267. The predicted octanol–water partition coefficient (Wildman–Crippen LogP) is 0.852. The summed E-state index contributed by atoms with van der Waals surface area (Å²) < 4.78 is 0. The lowest BCUT2D eigenvalue weighted by Crippen LogP contribution is -2.61. The van der Waals surface area contributed by atoms with Crippen LogP contribution in [-0.2, 0) is 16.1 Å². The van der Waals surface area contributed by atoms with Crippen LogP contribution in [0.15, 0.2) is 41.8 Å². The smallest absolute Gasteiger partial charge is 0.325 e. The first kappa shape index (κ1) is 14.6. The summed E-state index contributed by atoms with van der Waals surface area (Å²) in [7, 11) is 0. The van der Waals surface area contributed by atoms with E-state index in [1.807, 2.05) is 30.3 Å². The van der Waals surface area contributed by atoms with E-state index >= 15 is 0 Å². The van der Waals surface area contributed by atoms with Crippen molar-refractivity contribution in [3.8, 4) is 0 Å². The maximum absolute atomic E-state index is 12.3. The van der Waals surface area contributed by atoms with Crippen molar-refractivity contribution in [2.45, 2.75) is 17.8 Å². The van der Waals surface area contributed by atoms with Crippen LogP contribution in [0.4, 0.5) is 4.79 Å². The van der Waals surface area contributed by atoms with Gasteiger partial charge < -0.3 is 10.6 Å². The SMILES string of the molecule is O=C(CN1C(=O)NC2C=CSC2C1=O)NCc1ccccc1. The first-order valence-electron chi connectivity index (χ1n) is 6.90. The molecule has 0 bridgehead atoms. The quantitative estimate of drug-likeness (QED) is 0.863. The highest BCUT2D eigenvalue weighted by atomic mass is 32.2. The van der Waals surface area contributed by atoms with Gasteiger partial charge in [-0.25, -0.2) is 4.79 Å². The second kappa shape index (κ2) is 6.23. The van der Waals surface area contributed by atoms with E-state index in [4.69, 9.17) is 0 Å². The molecule has 2 atom stereocenters. The van der Waals surface area contributed by atoms with Gasteiger partial charge in [-0.15, -0.1) is 11.8 Å². The maximum Gasteiger partial charge on any atom is 0.325 e. The molecule has 1 aromatic rings. The summed E-state index contributed by atoms with van der Waals surface area (Å²) in [6, 6.07) is 8.66. The molecule has 1 saturated heterocycles. The maximum atomic E-state index is 12.3. The number of rotatable bonds is 4. The summed E-state index contributed by atoms with van der Waals surface area (Å²) in [6.07, 6.45) is 1.79. The predicted molar refractivity (Wildman–Crippen MR) is 82.8 cm³/mol. The number of hydrogen-bond acceptors (Lipinski definition) is 4. The number of fused-ring (bicyclic) bond motifs is 1. The van der Waals surface area contributed by atoms with Crippen LogP contribution in [0.3, 0.4) is 0 Å². The molecule has 2 heterocycles. The monoisotopic (exact) mass is 317 g/mol. The van der Waals surface area contributed by atoms with Crippen molar-refractivity contribution in [1.82, 2.24) is 15.5 Å². The van der Waals surface area contributed by atoms with E-state index in [0.717, 1.165) is 10.5 Å². The first-order chi connectivity index (χ1) is 10.6. The number of carbonyl (C=O) groups excluding carboxylic acids is 3. The highest BCUT2D eigenvalue weighted by molar-refractivity contribution is 8.03. The van der Waals surface area contributed by atoms with E-state index in [0.29, 0.717) is 6.54 Å². The third-order valence-electron chi connectivity index (χ3n) is 3.52. The molecular formula is C15H15N3O3S. The number of amides is 4. The zero-order valence-electron chi connectivity index (χ0n) is 11.7. The van der Waals surface area contributed by atoms with Crippen LogP contribution in [0, 0.1) is 0 Å². The molecule has 1 fully saturated rings. The van der Waals surface area contributed by atoms with Gasteiger partial charge in [0.2, 0.25) is 11.8 Å². The second-order valence-electron chi connectivity index (χ2n) is 5.05. The lowest BCUT2D eigenvalue weighted by Gasteiger charge is -2.32. The van der Waals surface area contributed by atoms with Crippen molar-refractivity contribution in [3.63, 3.8) is 0 Å². The summed E-state index contributed by atoms with van der Waals surface area (Å²) in [6.45, 7) is 0.104. The van der Waals surface area contributed by atoms with E-state index in [2.05, 4.69) is 10.6 Å². The Hall–Kier alpha value is -2.28. The summed E-state index contributed by atoms with van der Waals surface area (Å²) in [5.74, 6) is -0.680. The standard InChI is InChI=1S/C15H15N3O3S/c19-12(16-8-10-4-2-1-3-5-10)9-18-14(20)13-11(6-7-22-13)17-15(18)21/h1-7,11,13H,8-9H2,(H,16,19)(H,17,21). The van der Waals surface area contributed by atoms with Crippen molar-refractivity contribution in [2.24, 2.45) is 0 Å². The molecule has 0 aromatic heterocycles. The normalized spacial score (nSPS) is 23.2. The molecule has 1 aromatic carbocycles. The highest BCUT2D eigenvalue weighted by Gasteiger charge is 2.42. The van der Waals surface area contributed by atoms with Crippen molar-refractivity contribution >= 4 is 29.6 Å². The molecule has 2 aliphatic heterocycles. The molecule has 2 N–H and O–H groups in total. The van der Waals surface area contributed by atoms with E-state index in [1.54, 1.807) is 11.5 Å². The average molecular weight is 317 g/mol. The highest BCUT2D eigenvalue weighted by Crippen LogP contribution is 2.29. The van der Waals surface area contributed by atoms with Crippen LogP contribution in [0.2, 0.25) is 0 Å². The second-order valence-corrected chi connectivity index (χ2v) is 6.10. The molecule has 7 heteroatoms. The molecule has 6 nitrogen and oxygen atoms in total. The summed E-state index contributed by atoms with van der Waals surface area (Å²) in [4.78, 5) is 37.1. The van der Waals surface area contributed by atoms with Crippen LogP contribution < -0.4 is 10.6 Å². The van der Waals surface area contributed by atoms with Gasteiger partial charge in [0.15, 0.2) is 0 Å². The van der Waals surface area contributed by atoms with Crippen LogP contribution >= 0.6 is 11.8 Å². The number of benzene rings is 1. The molecule has 22 heavy (non-hydrogen) atoms. The Morgan fingerprint density at radius 3 is 2.82 bits per heavy atom. The lowest BCUT2D eigenvalue weighted by molar-refractivity contribution is -0.134. The summed E-state index contributed by atoms with van der Waals surface area (Å²) in [5, 5.41) is 6.86. The molecule has 0 aliphatic carbocycles. The van der Waals surface area contributed by atoms with Gasteiger partial charge in [0.25, 0.3) is 0 Å². The number of imide groups is 1. The number of hydrogen-bond donors (Lipinski definition) is 2. The van der Waals surface area contributed by atoms with Crippen molar-refractivity contribution in [1.29, 1.82) is 0 Å². The summed E-state index contributed by atoms with van der Waals surface area (Å²) in [5.41, 5.74) is 0.959. The Kier molecular flexibility index (Phi) is 4.15. The fourth-order valence-corrected chi connectivity index (χ4v) is 3.36. The Bertz CT molecular complexity index is 632. The van der Waals surface area contributed by atoms with E-state index in [-0.39, 0.29) is 29.7 Å². The van der Waals surface area contributed by atoms with Crippen LogP contribution in [0.25, 0.3) is 0 Å². The fourth-order valence-electron chi connectivity index (χ4n) is 2.36.